The van der Waals surface area contributed by atoms with Gasteiger partial charge in [-0.15, -0.1) is 0 Å². The quantitative estimate of drug-likeness (QED) is 0.767. The minimum atomic E-state index is -0.347. The van der Waals surface area contributed by atoms with Crippen molar-refractivity contribution in [1.82, 2.24) is 0 Å². The lowest BCUT2D eigenvalue weighted by Gasteiger charge is -2.24. The van der Waals surface area contributed by atoms with Crippen molar-refractivity contribution >= 4 is 5.78 Å². The molecular weight excluding hydrogens is 231 g/mol. The summed E-state index contributed by atoms with van der Waals surface area (Å²) in [5.74, 6) is 0.00754. The highest BCUT2D eigenvalue weighted by atomic mass is 19.1. The highest BCUT2D eigenvalue weighted by molar-refractivity contribution is 6.04. The number of carbonyl (C=O) groups excluding carboxylic acids is 1. The fraction of sp³-hybridized carbons (Fsp3) is 0.133. The Hall–Kier alpha value is -2.16. The van der Waals surface area contributed by atoms with Crippen LogP contribution in [-0.4, -0.2) is 12.4 Å². The predicted molar refractivity (Wildman–Crippen MR) is 65.4 cm³/mol. The number of benzene rings is 2. The summed E-state index contributed by atoms with van der Waals surface area (Å²) in [5, 5.41) is 0. The molecule has 0 bridgehead atoms. The van der Waals surface area contributed by atoms with Crippen molar-refractivity contribution in [3.05, 3.63) is 65.5 Å². The van der Waals surface area contributed by atoms with E-state index in [0.29, 0.717) is 17.9 Å². The van der Waals surface area contributed by atoms with Crippen LogP contribution in [0.1, 0.15) is 21.8 Å². The lowest BCUT2D eigenvalue weighted by atomic mass is 9.89. The molecule has 0 fully saturated rings. The van der Waals surface area contributed by atoms with E-state index < -0.39 is 0 Å². The van der Waals surface area contributed by atoms with E-state index in [1.165, 1.54) is 12.1 Å². The Labute approximate surface area is 104 Å². The van der Waals surface area contributed by atoms with Crippen molar-refractivity contribution in [3.63, 3.8) is 0 Å². The second-order valence-electron chi connectivity index (χ2n) is 4.28. The monoisotopic (exact) mass is 242 g/mol. The minimum absolute atomic E-state index is 0.0310. The number of halogens is 1. The third kappa shape index (κ3) is 1.78. The number of fused-ring (bicyclic) bond motifs is 1. The second-order valence-corrected chi connectivity index (χ2v) is 4.28. The van der Waals surface area contributed by atoms with E-state index in [1.807, 2.05) is 12.1 Å². The lowest BCUT2D eigenvalue weighted by molar-refractivity contribution is 0.0896. The highest BCUT2D eigenvalue weighted by Gasteiger charge is 2.29. The standard InChI is InChI=1S/C15H11FO2/c16-11-7-5-10(6-8-11)13-9-18-14-4-2-1-3-12(14)15(13)17/h1-8,13H,9H2/t13-/m1/s1. The average molecular weight is 242 g/mol. The molecule has 3 heteroatoms. The zero-order valence-corrected chi connectivity index (χ0v) is 9.60. The molecule has 2 nitrogen and oxygen atoms in total. The van der Waals surface area contributed by atoms with Crippen LogP contribution >= 0.6 is 0 Å². The average Bonchev–Trinajstić information content (AvgIpc) is 2.41. The fourth-order valence-electron chi connectivity index (χ4n) is 2.18. The maximum atomic E-state index is 12.9. The van der Waals surface area contributed by atoms with Crippen LogP contribution in [0.4, 0.5) is 4.39 Å². The van der Waals surface area contributed by atoms with E-state index in [2.05, 4.69) is 0 Å². The van der Waals surface area contributed by atoms with Crippen molar-refractivity contribution in [2.45, 2.75) is 5.92 Å². The molecule has 2 aromatic rings. The number of ether oxygens (including phenoxy) is 1. The van der Waals surface area contributed by atoms with Crippen molar-refractivity contribution < 1.29 is 13.9 Å². The number of hydrogen-bond donors (Lipinski definition) is 0. The van der Waals surface area contributed by atoms with Gasteiger partial charge >= 0.3 is 0 Å². The summed E-state index contributed by atoms with van der Waals surface area (Å²) in [7, 11) is 0. The number of rotatable bonds is 1. The molecule has 0 unspecified atom stereocenters. The summed E-state index contributed by atoms with van der Waals surface area (Å²) in [6.07, 6.45) is 0. The molecule has 1 aliphatic rings. The Balaban J connectivity index is 1.97. The fourth-order valence-corrected chi connectivity index (χ4v) is 2.18. The normalized spacial score (nSPS) is 18.1. The number of Topliss-reactive ketones (excluding diaryl/α,β-unsaturated/α-hetero) is 1. The van der Waals surface area contributed by atoms with Gasteiger partial charge in [-0.25, -0.2) is 4.39 Å². The maximum Gasteiger partial charge on any atom is 0.177 e. The number of para-hydroxylation sites is 1. The summed E-state index contributed by atoms with van der Waals surface area (Å²) in [6.45, 7) is 0.307. The van der Waals surface area contributed by atoms with Crippen LogP contribution in [0.25, 0.3) is 0 Å². The SMILES string of the molecule is O=C1c2ccccc2OC[C@@H]1c1ccc(F)cc1. The molecule has 0 aromatic heterocycles. The molecule has 0 radical (unpaired) electrons. The molecule has 0 amide bonds. The summed E-state index contributed by atoms with van der Waals surface area (Å²) < 4.78 is 18.5. The largest absolute Gasteiger partial charge is 0.492 e. The van der Waals surface area contributed by atoms with E-state index in [4.69, 9.17) is 4.74 Å². The number of carbonyl (C=O) groups is 1. The third-order valence-electron chi connectivity index (χ3n) is 3.15. The summed E-state index contributed by atoms with van der Waals surface area (Å²) in [4.78, 5) is 12.3. The van der Waals surface area contributed by atoms with Gasteiger partial charge in [-0.3, -0.25) is 4.79 Å². The van der Waals surface area contributed by atoms with Crippen molar-refractivity contribution in [2.75, 3.05) is 6.61 Å². The maximum absolute atomic E-state index is 12.9. The smallest absolute Gasteiger partial charge is 0.177 e. The molecule has 18 heavy (non-hydrogen) atoms. The summed E-state index contributed by atoms with van der Waals surface area (Å²) in [5.41, 5.74) is 1.38. The first-order chi connectivity index (χ1) is 8.75. The van der Waals surface area contributed by atoms with Gasteiger partial charge in [-0.05, 0) is 29.8 Å². The van der Waals surface area contributed by atoms with Crippen molar-refractivity contribution in [2.24, 2.45) is 0 Å². The van der Waals surface area contributed by atoms with E-state index in [-0.39, 0.29) is 17.5 Å². The van der Waals surface area contributed by atoms with E-state index in [9.17, 15) is 9.18 Å². The molecule has 3 rings (SSSR count). The van der Waals surface area contributed by atoms with Crippen LogP contribution in [0.2, 0.25) is 0 Å². The molecule has 0 saturated heterocycles. The molecule has 90 valence electrons. The van der Waals surface area contributed by atoms with Gasteiger partial charge in [0.25, 0.3) is 0 Å². The first-order valence-electron chi connectivity index (χ1n) is 5.77. The van der Waals surface area contributed by atoms with Gasteiger partial charge in [0.1, 0.15) is 18.2 Å². The molecule has 1 atom stereocenters. The van der Waals surface area contributed by atoms with Gasteiger partial charge in [0.15, 0.2) is 5.78 Å². The van der Waals surface area contributed by atoms with Crippen LogP contribution in [0.15, 0.2) is 48.5 Å². The van der Waals surface area contributed by atoms with Gasteiger partial charge in [0.05, 0.1) is 11.5 Å². The van der Waals surface area contributed by atoms with Crippen LogP contribution in [-0.2, 0) is 0 Å². The molecule has 0 N–H and O–H groups in total. The van der Waals surface area contributed by atoms with E-state index >= 15 is 0 Å². The highest BCUT2D eigenvalue weighted by Crippen LogP contribution is 2.32. The Morgan fingerprint density at radius 1 is 1.06 bits per heavy atom. The topological polar surface area (TPSA) is 26.3 Å². The van der Waals surface area contributed by atoms with Crippen LogP contribution in [0, 0.1) is 5.82 Å². The van der Waals surface area contributed by atoms with Crippen LogP contribution < -0.4 is 4.74 Å². The van der Waals surface area contributed by atoms with Gasteiger partial charge in [-0.1, -0.05) is 24.3 Å². The molecular formula is C15H11FO2. The predicted octanol–water partition coefficient (Wildman–Crippen LogP) is 3.18. The van der Waals surface area contributed by atoms with Gasteiger partial charge < -0.3 is 4.74 Å². The Bertz CT molecular complexity index is 590. The van der Waals surface area contributed by atoms with E-state index in [1.54, 1.807) is 24.3 Å². The lowest BCUT2D eigenvalue weighted by Crippen LogP contribution is -2.25. The summed E-state index contributed by atoms with van der Waals surface area (Å²) in [6, 6.07) is 13.2. The molecule has 2 aromatic carbocycles. The minimum Gasteiger partial charge on any atom is -0.492 e. The first kappa shape index (κ1) is 11.0. The second kappa shape index (κ2) is 4.26. The number of ketones is 1. The van der Waals surface area contributed by atoms with Crippen molar-refractivity contribution in [1.29, 1.82) is 0 Å². The Morgan fingerprint density at radius 2 is 1.78 bits per heavy atom. The molecule has 0 spiro atoms. The third-order valence-corrected chi connectivity index (χ3v) is 3.15. The van der Waals surface area contributed by atoms with Gasteiger partial charge in [-0.2, -0.15) is 0 Å². The van der Waals surface area contributed by atoms with Crippen molar-refractivity contribution in [3.8, 4) is 5.75 Å². The number of hydrogen-bond acceptors (Lipinski definition) is 2. The first-order valence-corrected chi connectivity index (χ1v) is 5.77. The molecule has 0 saturated carbocycles. The molecule has 1 heterocycles. The van der Waals surface area contributed by atoms with Gasteiger partial charge in [0.2, 0.25) is 0 Å². The zero-order valence-electron chi connectivity index (χ0n) is 9.60. The Morgan fingerprint density at radius 3 is 2.56 bits per heavy atom. The van der Waals surface area contributed by atoms with E-state index in [0.717, 1.165) is 5.56 Å². The van der Waals surface area contributed by atoms with Crippen LogP contribution in [0.5, 0.6) is 5.75 Å². The summed E-state index contributed by atoms with van der Waals surface area (Å²) >= 11 is 0. The zero-order chi connectivity index (χ0) is 12.5. The molecule has 1 aliphatic heterocycles. The Kier molecular flexibility index (Phi) is 2.59. The van der Waals surface area contributed by atoms with Gasteiger partial charge in [0, 0.05) is 0 Å². The van der Waals surface area contributed by atoms with Crippen LogP contribution in [0.3, 0.4) is 0 Å². The molecule has 0 aliphatic carbocycles.